The molecule has 0 aliphatic carbocycles. The van der Waals surface area contributed by atoms with Crippen molar-refractivity contribution in [2.45, 2.75) is 19.6 Å². The van der Waals surface area contributed by atoms with Gasteiger partial charge in [-0.25, -0.2) is 9.67 Å². The molecule has 24 heavy (non-hydrogen) atoms. The van der Waals surface area contributed by atoms with Crippen LogP contribution in [0.3, 0.4) is 0 Å². The summed E-state index contributed by atoms with van der Waals surface area (Å²) in [6, 6.07) is 12.3. The van der Waals surface area contributed by atoms with Crippen LogP contribution in [0.2, 0.25) is 5.02 Å². The molecule has 0 N–H and O–H groups in total. The number of rotatable bonds is 3. The Hall–Kier alpha value is -2.34. The van der Waals surface area contributed by atoms with Crippen LogP contribution < -0.4 is 0 Å². The minimum absolute atomic E-state index is 0.00217. The number of hydrogen-bond donors (Lipinski definition) is 0. The lowest BCUT2D eigenvalue weighted by molar-refractivity contribution is -0.137. The Labute approximate surface area is 141 Å². The summed E-state index contributed by atoms with van der Waals surface area (Å²) in [5.41, 5.74) is -0.160. The van der Waals surface area contributed by atoms with Gasteiger partial charge in [0.2, 0.25) is 0 Å². The van der Waals surface area contributed by atoms with E-state index in [1.165, 1.54) is 16.8 Å². The van der Waals surface area contributed by atoms with Crippen molar-refractivity contribution in [3.63, 3.8) is 0 Å². The second-order valence-corrected chi connectivity index (χ2v) is 5.51. The molecule has 1 heterocycles. The number of nitrogens with zero attached hydrogens (tertiary/aromatic N) is 3. The number of aromatic nitrogens is 3. The van der Waals surface area contributed by atoms with Gasteiger partial charge >= 0.3 is 6.18 Å². The summed E-state index contributed by atoms with van der Waals surface area (Å²) in [4.78, 5) is 4.32. The van der Waals surface area contributed by atoms with E-state index in [9.17, 15) is 13.2 Å². The fourth-order valence-electron chi connectivity index (χ4n) is 2.44. The maximum atomic E-state index is 13.3. The van der Waals surface area contributed by atoms with E-state index >= 15 is 0 Å². The van der Waals surface area contributed by atoms with Crippen LogP contribution in [-0.2, 0) is 12.7 Å². The van der Waals surface area contributed by atoms with Crippen LogP contribution in [0.4, 0.5) is 13.2 Å². The van der Waals surface area contributed by atoms with Crippen molar-refractivity contribution in [1.82, 2.24) is 14.8 Å². The summed E-state index contributed by atoms with van der Waals surface area (Å²) in [6.07, 6.45) is -4.47. The average Bonchev–Trinajstić information content (AvgIpc) is 2.98. The van der Waals surface area contributed by atoms with Crippen LogP contribution in [0.1, 0.15) is 12.5 Å². The molecule has 7 heteroatoms. The first kappa shape index (κ1) is 16.5. The normalized spacial score (nSPS) is 11.7. The number of benzene rings is 2. The highest BCUT2D eigenvalue weighted by molar-refractivity contribution is 6.33. The SMILES string of the molecule is CCn1nc(-c2ccccc2Cl)nc1-c1ccccc1C(F)(F)F. The van der Waals surface area contributed by atoms with Crippen molar-refractivity contribution in [2.24, 2.45) is 0 Å². The molecule has 0 unspecified atom stereocenters. The highest BCUT2D eigenvalue weighted by Gasteiger charge is 2.34. The molecule has 2 aromatic carbocycles. The summed E-state index contributed by atoms with van der Waals surface area (Å²) in [5, 5.41) is 4.76. The Kier molecular flexibility index (Phi) is 4.32. The van der Waals surface area contributed by atoms with Gasteiger partial charge in [-0.05, 0) is 25.1 Å². The van der Waals surface area contributed by atoms with Gasteiger partial charge in [0.1, 0.15) is 0 Å². The molecule has 1 aromatic heterocycles. The molecule has 0 spiro atoms. The standard InChI is InChI=1S/C17H13ClF3N3/c1-2-24-16(11-7-3-5-9-13(11)17(19,20)21)22-15(23-24)12-8-4-6-10-14(12)18/h3-10H,2H2,1H3. The van der Waals surface area contributed by atoms with Gasteiger partial charge in [0.25, 0.3) is 0 Å². The molecular weight excluding hydrogens is 339 g/mol. The number of alkyl halides is 3. The molecule has 0 aliphatic rings. The lowest BCUT2D eigenvalue weighted by Crippen LogP contribution is -2.09. The third-order valence-electron chi connectivity index (χ3n) is 3.56. The molecule has 3 rings (SSSR count). The maximum absolute atomic E-state index is 13.3. The van der Waals surface area contributed by atoms with Gasteiger partial charge in [0.05, 0.1) is 10.6 Å². The van der Waals surface area contributed by atoms with Crippen LogP contribution in [0.25, 0.3) is 22.8 Å². The molecule has 0 atom stereocenters. The molecule has 0 fully saturated rings. The highest BCUT2D eigenvalue weighted by atomic mass is 35.5. The highest BCUT2D eigenvalue weighted by Crippen LogP contribution is 2.37. The second kappa shape index (κ2) is 6.28. The van der Waals surface area contributed by atoms with Gasteiger partial charge in [-0.2, -0.15) is 18.3 Å². The fourth-order valence-corrected chi connectivity index (χ4v) is 2.66. The zero-order valence-corrected chi connectivity index (χ0v) is 13.4. The third-order valence-corrected chi connectivity index (χ3v) is 3.89. The lowest BCUT2D eigenvalue weighted by Gasteiger charge is -2.12. The first-order valence-electron chi connectivity index (χ1n) is 7.28. The van der Waals surface area contributed by atoms with Gasteiger partial charge < -0.3 is 0 Å². The van der Waals surface area contributed by atoms with Gasteiger partial charge in [-0.1, -0.05) is 41.9 Å². The van der Waals surface area contributed by atoms with Crippen molar-refractivity contribution in [3.05, 3.63) is 59.1 Å². The van der Waals surface area contributed by atoms with Gasteiger partial charge in [-0.3, -0.25) is 0 Å². The van der Waals surface area contributed by atoms with Crippen LogP contribution in [-0.4, -0.2) is 14.8 Å². The van der Waals surface area contributed by atoms with Crippen molar-refractivity contribution in [1.29, 1.82) is 0 Å². The van der Waals surface area contributed by atoms with Crippen LogP contribution in [0.5, 0.6) is 0 Å². The maximum Gasteiger partial charge on any atom is 0.417 e. The van der Waals surface area contributed by atoms with E-state index in [1.807, 2.05) is 0 Å². The first-order chi connectivity index (χ1) is 11.4. The molecular formula is C17H13ClF3N3. The average molecular weight is 352 g/mol. The zero-order chi connectivity index (χ0) is 17.3. The lowest BCUT2D eigenvalue weighted by atomic mass is 10.1. The van der Waals surface area contributed by atoms with Crippen molar-refractivity contribution >= 4 is 11.6 Å². The van der Waals surface area contributed by atoms with E-state index in [4.69, 9.17) is 11.6 Å². The van der Waals surface area contributed by atoms with Gasteiger partial charge in [0.15, 0.2) is 11.6 Å². The quantitative estimate of drug-likeness (QED) is 0.640. The summed E-state index contributed by atoms with van der Waals surface area (Å²) in [5.74, 6) is 0.467. The summed E-state index contributed by atoms with van der Waals surface area (Å²) < 4.78 is 41.3. The van der Waals surface area contributed by atoms with E-state index in [0.717, 1.165) is 6.07 Å². The summed E-state index contributed by atoms with van der Waals surface area (Å²) >= 11 is 6.14. The Bertz CT molecular complexity index is 872. The van der Waals surface area contributed by atoms with Crippen molar-refractivity contribution in [3.8, 4) is 22.8 Å². The molecule has 0 bridgehead atoms. The van der Waals surface area contributed by atoms with E-state index in [0.29, 0.717) is 23.0 Å². The Morgan fingerprint density at radius 3 is 2.25 bits per heavy atom. The Morgan fingerprint density at radius 1 is 1.00 bits per heavy atom. The molecule has 0 radical (unpaired) electrons. The van der Waals surface area contributed by atoms with Gasteiger partial charge in [-0.15, -0.1) is 0 Å². The van der Waals surface area contributed by atoms with Crippen molar-refractivity contribution in [2.75, 3.05) is 0 Å². The van der Waals surface area contributed by atoms with E-state index in [2.05, 4.69) is 10.1 Å². The first-order valence-corrected chi connectivity index (χ1v) is 7.66. The molecule has 0 saturated heterocycles. The molecule has 124 valence electrons. The zero-order valence-electron chi connectivity index (χ0n) is 12.7. The Balaban J connectivity index is 2.19. The number of halogens is 4. The molecule has 0 amide bonds. The van der Waals surface area contributed by atoms with E-state index in [-0.39, 0.29) is 11.4 Å². The van der Waals surface area contributed by atoms with E-state index < -0.39 is 11.7 Å². The number of hydrogen-bond acceptors (Lipinski definition) is 2. The van der Waals surface area contributed by atoms with E-state index in [1.54, 1.807) is 37.3 Å². The molecule has 0 saturated carbocycles. The predicted octanol–water partition coefficient (Wildman–Crippen LogP) is 5.30. The number of aryl methyl sites for hydroxylation is 1. The van der Waals surface area contributed by atoms with Crippen LogP contribution in [0, 0.1) is 0 Å². The summed E-state index contributed by atoms with van der Waals surface area (Å²) in [7, 11) is 0. The summed E-state index contributed by atoms with van der Waals surface area (Å²) in [6.45, 7) is 2.18. The molecule has 3 aromatic rings. The Morgan fingerprint density at radius 2 is 1.62 bits per heavy atom. The topological polar surface area (TPSA) is 30.7 Å². The predicted molar refractivity (Wildman–Crippen MR) is 86.6 cm³/mol. The second-order valence-electron chi connectivity index (χ2n) is 5.10. The monoisotopic (exact) mass is 351 g/mol. The van der Waals surface area contributed by atoms with Gasteiger partial charge in [0, 0.05) is 17.7 Å². The molecule has 3 nitrogen and oxygen atoms in total. The van der Waals surface area contributed by atoms with Crippen LogP contribution >= 0.6 is 11.6 Å². The fraction of sp³-hybridized carbons (Fsp3) is 0.176. The third kappa shape index (κ3) is 3.01. The van der Waals surface area contributed by atoms with Crippen LogP contribution in [0.15, 0.2) is 48.5 Å². The minimum Gasteiger partial charge on any atom is -0.245 e. The minimum atomic E-state index is -4.47. The van der Waals surface area contributed by atoms with Crippen molar-refractivity contribution < 1.29 is 13.2 Å². The largest absolute Gasteiger partial charge is 0.417 e. The molecule has 0 aliphatic heterocycles. The smallest absolute Gasteiger partial charge is 0.245 e.